The number of anilines is 1. The van der Waals surface area contributed by atoms with Crippen LogP contribution in [0.1, 0.15) is 36.5 Å². The van der Waals surface area contributed by atoms with Gasteiger partial charge in [0.15, 0.2) is 0 Å². The van der Waals surface area contributed by atoms with Crippen molar-refractivity contribution in [1.82, 2.24) is 4.90 Å². The normalized spacial score (nSPS) is 14.4. The van der Waals surface area contributed by atoms with Crippen molar-refractivity contribution in [2.24, 2.45) is 0 Å². The van der Waals surface area contributed by atoms with Crippen molar-refractivity contribution in [2.45, 2.75) is 39.7 Å². The number of aryl methyl sites for hydroxylation is 2. The predicted molar refractivity (Wildman–Crippen MR) is 132 cm³/mol. The molecule has 1 N–H and O–H groups in total. The Balaban J connectivity index is 1.57. The number of ether oxygens (including phenoxy) is 1. The minimum absolute atomic E-state index is 0.0334. The molecule has 2 aromatic carbocycles. The quantitative estimate of drug-likeness (QED) is 0.381. The molecule has 0 unspecified atom stereocenters. The number of carbonyl (C=O) groups is 1. The van der Waals surface area contributed by atoms with Gasteiger partial charge in [0.2, 0.25) is 0 Å². The fourth-order valence-electron chi connectivity index (χ4n) is 4.51. The number of fused-ring (bicyclic) bond motifs is 1. The van der Waals surface area contributed by atoms with E-state index >= 15 is 0 Å². The molecule has 7 nitrogen and oxygen atoms in total. The number of phenols is 1. The Bertz CT molecular complexity index is 1260. The third-order valence-corrected chi connectivity index (χ3v) is 6.40. The lowest BCUT2D eigenvalue weighted by atomic mass is 9.98. The zero-order chi connectivity index (χ0) is 24.9. The van der Waals surface area contributed by atoms with Gasteiger partial charge in [-0.2, -0.15) is 0 Å². The number of hydrogen-bond acceptors (Lipinski definition) is 7. The number of rotatable bonds is 8. The van der Waals surface area contributed by atoms with E-state index in [4.69, 9.17) is 9.15 Å². The second kappa shape index (κ2) is 10.9. The van der Waals surface area contributed by atoms with Crippen LogP contribution in [0.15, 0.2) is 45.6 Å². The Morgan fingerprint density at radius 3 is 2.63 bits per heavy atom. The van der Waals surface area contributed by atoms with Gasteiger partial charge in [0.1, 0.15) is 17.1 Å². The van der Waals surface area contributed by atoms with Gasteiger partial charge in [-0.3, -0.25) is 9.69 Å². The number of esters is 1. The first-order valence-corrected chi connectivity index (χ1v) is 12.0. The van der Waals surface area contributed by atoms with Gasteiger partial charge >= 0.3 is 11.6 Å². The Kier molecular flexibility index (Phi) is 7.70. The van der Waals surface area contributed by atoms with Crippen molar-refractivity contribution in [3.63, 3.8) is 0 Å². The molecule has 0 atom stereocenters. The van der Waals surface area contributed by atoms with Crippen LogP contribution in [0.4, 0.5) is 10.1 Å². The van der Waals surface area contributed by atoms with Gasteiger partial charge in [-0.05, 0) is 49.1 Å². The highest BCUT2D eigenvalue weighted by Crippen LogP contribution is 2.34. The second-order valence-corrected chi connectivity index (χ2v) is 8.92. The molecule has 186 valence electrons. The summed E-state index contributed by atoms with van der Waals surface area (Å²) in [7, 11) is 0. The van der Waals surface area contributed by atoms with Crippen molar-refractivity contribution in [3.05, 3.63) is 69.3 Å². The van der Waals surface area contributed by atoms with Gasteiger partial charge in [-0.25, -0.2) is 9.18 Å². The average Bonchev–Trinajstić information content (AvgIpc) is 2.84. The molecule has 1 aliphatic rings. The molecule has 0 spiro atoms. The van der Waals surface area contributed by atoms with Gasteiger partial charge in [0.25, 0.3) is 0 Å². The molecule has 1 saturated heterocycles. The van der Waals surface area contributed by atoms with E-state index in [1.807, 2.05) is 24.8 Å². The third kappa shape index (κ3) is 5.65. The lowest BCUT2D eigenvalue weighted by Crippen LogP contribution is -2.46. The zero-order valence-corrected chi connectivity index (χ0v) is 20.2. The minimum atomic E-state index is -0.476. The summed E-state index contributed by atoms with van der Waals surface area (Å²) < 4.78 is 24.9. The smallest absolute Gasteiger partial charge is 0.336 e. The summed E-state index contributed by atoms with van der Waals surface area (Å²) in [6.07, 6.45) is 1.21. The summed E-state index contributed by atoms with van der Waals surface area (Å²) in [6, 6.07) is 9.94. The van der Waals surface area contributed by atoms with E-state index in [1.165, 1.54) is 12.1 Å². The Labute approximate surface area is 203 Å². The van der Waals surface area contributed by atoms with Crippen LogP contribution in [0.2, 0.25) is 0 Å². The van der Waals surface area contributed by atoms with Gasteiger partial charge in [-0.15, -0.1) is 0 Å². The summed E-state index contributed by atoms with van der Waals surface area (Å²) in [5.41, 5.74) is 2.36. The molecule has 35 heavy (non-hydrogen) atoms. The molecule has 0 amide bonds. The maximum Gasteiger partial charge on any atom is 0.336 e. The monoisotopic (exact) mass is 482 g/mol. The molecule has 3 aromatic rings. The highest BCUT2D eigenvalue weighted by atomic mass is 19.1. The molecule has 4 rings (SSSR count). The molecule has 2 heterocycles. The second-order valence-electron chi connectivity index (χ2n) is 8.92. The number of benzene rings is 2. The molecule has 1 fully saturated rings. The highest BCUT2D eigenvalue weighted by molar-refractivity contribution is 5.86. The first-order chi connectivity index (χ1) is 16.9. The summed E-state index contributed by atoms with van der Waals surface area (Å²) in [6.45, 7) is 7.06. The number of halogens is 1. The van der Waals surface area contributed by atoms with E-state index in [-0.39, 0.29) is 24.0 Å². The average molecular weight is 483 g/mol. The van der Waals surface area contributed by atoms with Crippen LogP contribution in [0, 0.1) is 12.7 Å². The van der Waals surface area contributed by atoms with Crippen LogP contribution < -0.4 is 10.5 Å². The van der Waals surface area contributed by atoms with E-state index in [9.17, 15) is 19.1 Å². The first kappa shape index (κ1) is 24.7. The topological polar surface area (TPSA) is 83.2 Å². The number of piperazine rings is 1. The number of para-hydroxylation sites is 1. The molecule has 0 bridgehead atoms. The Morgan fingerprint density at radius 2 is 1.91 bits per heavy atom. The molecule has 0 radical (unpaired) electrons. The molecule has 1 aromatic heterocycles. The van der Waals surface area contributed by atoms with E-state index in [1.54, 1.807) is 18.2 Å². The number of hydrogen-bond donors (Lipinski definition) is 1. The van der Waals surface area contributed by atoms with E-state index in [2.05, 4.69) is 4.90 Å². The molecule has 0 aliphatic carbocycles. The van der Waals surface area contributed by atoms with Gasteiger partial charge in [-0.1, -0.05) is 19.1 Å². The predicted octanol–water partition coefficient (Wildman–Crippen LogP) is 4.15. The zero-order valence-electron chi connectivity index (χ0n) is 20.2. The van der Waals surface area contributed by atoms with Crippen molar-refractivity contribution >= 4 is 22.6 Å². The molecular formula is C27H31FN2O5. The van der Waals surface area contributed by atoms with Gasteiger partial charge in [0, 0.05) is 50.6 Å². The fraction of sp³-hybridized carbons (Fsp3) is 0.407. The van der Waals surface area contributed by atoms with Crippen LogP contribution >= 0.6 is 0 Å². The molecule has 8 heteroatoms. The number of aromatic hydroxyl groups is 1. The van der Waals surface area contributed by atoms with Crippen LogP contribution in [-0.2, 0) is 22.5 Å². The van der Waals surface area contributed by atoms with Crippen molar-refractivity contribution in [1.29, 1.82) is 0 Å². The largest absolute Gasteiger partial charge is 0.507 e. The third-order valence-electron chi connectivity index (χ3n) is 6.40. The number of nitrogens with zero attached hydrogens (tertiary/aromatic N) is 2. The number of phenolic OH excluding ortho intramolecular Hbond substituents is 1. The summed E-state index contributed by atoms with van der Waals surface area (Å²) in [4.78, 5) is 28.3. The Morgan fingerprint density at radius 1 is 1.17 bits per heavy atom. The van der Waals surface area contributed by atoms with Crippen LogP contribution in [0.25, 0.3) is 11.0 Å². The van der Waals surface area contributed by atoms with Gasteiger partial charge in [0.05, 0.1) is 17.9 Å². The van der Waals surface area contributed by atoms with E-state index in [0.717, 1.165) is 17.4 Å². The van der Waals surface area contributed by atoms with Crippen LogP contribution in [0.5, 0.6) is 5.75 Å². The molecular weight excluding hydrogens is 451 g/mol. The van der Waals surface area contributed by atoms with Gasteiger partial charge < -0.3 is 19.2 Å². The van der Waals surface area contributed by atoms with Crippen LogP contribution in [-0.4, -0.2) is 48.8 Å². The summed E-state index contributed by atoms with van der Waals surface area (Å²) in [5, 5.41) is 11.9. The number of carbonyl (C=O) groups excluding carboxylic acids is 1. The van der Waals surface area contributed by atoms with E-state index < -0.39 is 5.63 Å². The van der Waals surface area contributed by atoms with E-state index in [0.29, 0.717) is 68.1 Å². The SMILES string of the molecule is CCCOC(=O)CCc1cc2c(C)cc(=O)oc2c(CN2CCN(c3ccccc3F)CC2)c1O. The molecule has 1 aliphatic heterocycles. The van der Waals surface area contributed by atoms with Crippen molar-refractivity contribution in [2.75, 3.05) is 37.7 Å². The summed E-state index contributed by atoms with van der Waals surface area (Å²) >= 11 is 0. The fourth-order valence-corrected chi connectivity index (χ4v) is 4.51. The highest BCUT2D eigenvalue weighted by Gasteiger charge is 2.24. The van der Waals surface area contributed by atoms with Crippen LogP contribution in [0.3, 0.4) is 0 Å². The lowest BCUT2D eigenvalue weighted by molar-refractivity contribution is -0.143. The summed E-state index contributed by atoms with van der Waals surface area (Å²) in [5.74, 6) is -0.522. The standard InChI is InChI=1S/C27H31FN2O5/c1-3-14-34-24(31)9-8-19-16-20-18(2)15-25(32)35-27(20)21(26(19)33)17-29-10-12-30(13-11-29)23-7-5-4-6-22(23)28/h4-7,15-16,33H,3,8-14,17H2,1-2H3. The lowest BCUT2D eigenvalue weighted by Gasteiger charge is -2.36. The van der Waals surface area contributed by atoms with Crippen molar-refractivity contribution < 1.29 is 23.4 Å². The van der Waals surface area contributed by atoms with Crippen molar-refractivity contribution in [3.8, 4) is 5.75 Å². The maximum atomic E-state index is 14.2. The minimum Gasteiger partial charge on any atom is -0.507 e. The Hall–Kier alpha value is -3.39. The first-order valence-electron chi connectivity index (χ1n) is 12.0. The maximum absolute atomic E-state index is 14.2. The molecule has 0 saturated carbocycles.